The van der Waals surface area contributed by atoms with Crippen molar-refractivity contribution in [1.29, 1.82) is 0 Å². The monoisotopic (exact) mass is 247 g/mol. The number of nitrogens with zero attached hydrogens (tertiary/aromatic N) is 1. The maximum Gasteiger partial charge on any atom is 0.119 e. The summed E-state index contributed by atoms with van der Waals surface area (Å²) < 4.78 is 5.22. The van der Waals surface area contributed by atoms with E-state index in [1.54, 1.807) is 18.4 Å². The Bertz CT molecular complexity index is 490. The van der Waals surface area contributed by atoms with Crippen LogP contribution in [0.15, 0.2) is 29.6 Å². The van der Waals surface area contributed by atoms with E-state index < -0.39 is 0 Å². The van der Waals surface area contributed by atoms with Gasteiger partial charge in [-0.05, 0) is 23.6 Å². The molecule has 2 rings (SSSR count). The highest BCUT2D eigenvalue weighted by atomic mass is 32.1. The van der Waals surface area contributed by atoms with Crippen LogP contribution in [0.25, 0.3) is 0 Å². The fraction of sp³-hybridized carbons (Fsp3) is 0.357. The van der Waals surface area contributed by atoms with Crippen molar-refractivity contribution in [3.63, 3.8) is 0 Å². The standard InChI is InChI=1S/C14H17NOS/c1-10(2)13-9-17-14(15-13)8-11-5-4-6-12(7-11)16-3/h4-7,9-10H,8H2,1-3H3. The minimum Gasteiger partial charge on any atom is -0.497 e. The van der Waals surface area contributed by atoms with Crippen molar-refractivity contribution in [2.24, 2.45) is 0 Å². The molecule has 0 radical (unpaired) electrons. The molecule has 0 aliphatic heterocycles. The van der Waals surface area contributed by atoms with Gasteiger partial charge in [0.05, 0.1) is 17.8 Å². The molecule has 2 nitrogen and oxygen atoms in total. The van der Waals surface area contributed by atoms with E-state index >= 15 is 0 Å². The molecule has 0 atom stereocenters. The van der Waals surface area contributed by atoms with Crippen LogP contribution in [0.3, 0.4) is 0 Å². The number of benzene rings is 1. The molecule has 0 unspecified atom stereocenters. The van der Waals surface area contributed by atoms with Gasteiger partial charge in [-0.15, -0.1) is 11.3 Å². The highest BCUT2D eigenvalue weighted by Gasteiger charge is 2.06. The SMILES string of the molecule is COc1cccc(Cc2nc(C(C)C)cs2)c1. The number of aromatic nitrogens is 1. The lowest BCUT2D eigenvalue weighted by Gasteiger charge is -2.02. The second-order valence-corrected chi connectivity index (χ2v) is 5.29. The highest BCUT2D eigenvalue weighted by molar-refractivity contribution is 7.09. The van der Waals surface area contributed by atoms with Crippen LogP contribution < -0.4 is 4.74 Å². The van der Waals surface area contributed by atoms with Gasteiger partial charge in [-0.2, -0.15) is 0 Å². The third kappa shape index (κ3) is 3.07. The number of rotatable bonds is 4. The normalized spacial score (nSPS) is 10.8. The highest BCUT2D eigenvalue weighted by Crippen LogP contribution is 2.21. The summed E-state index contributed by atoms with van der Waals surface area (Å²) in [6, 6.07) is 8.16. The molecule has 1 heterocycles. The summed E-state index contributed by atoms with van der Waals surface area (Å²) in [6.45, 7) is 4.34. The van der Waals surface area contributed by atoms with E-state index in [-0.39, 0.29) is 0 Å². The molecule has 1 aromatic heterocycles. The van der Waals surface area contributed by atoms with E-state index in [2.05, 4.69) is 36.3 Å². The van der Waals surface area contributed by atoms with E-state index in [4.69, 9.17) is 4.74 Å². The molecule has 0 fully saturated rings. The third-order valence-electron chi connectivity index (χ3n) is 2.65. The average molecular weight is 247 g/mol. The Balaban J connectivity index is 2.13. The molecule has 0 saturated carbocycles. The quantitative estimate of drug-likeness (QED) is 0.818. The zero-order valence-corrected chi connectivity index (χ0v) is 11.3. The fourth-order valence-corrected chi connectivity index (χ4v) is 2.62. The van der Waals surface area contributed by atoms with Gasteiger partial charge in [0.2, 0.25) is 0 Å². The maximum atomic E-state index is 5.22. The van der Waals surface area contributed by atoms with Crippen LogP contribution in [0, 0.1) is 0 Å². The second kappa shape index (κ2) is 5.32. The first-order valence-electron chi connectivity index (χ1n) is 5.76. The van der Waals surface area contributed by atoms with Crippen molar-refractivity contribution < 1.29 is 4.74 Å². The summed E-state index contributed by atoms with van der Waals surface area (Å²) >= 11 is 1.73. The zero-order chi connectivity index (χ0) is 12.3. The molecule has 0 spiro atoms. The summed E-state index contributed by atoms with van der Waals surface area (Å²) in [5.41, 5.74) is 2.43. The minimum absolute atomic E-state index is 0.505. The van der Waals surface area contributed by atoms with Crippen molar-refractivity contribution in [3.8, 4) is 5.75 Å². The van der Waals surface area contributed by atoms with Gasteiger partial charge in [-0.25, -0.2) is 4.98 Å². The number of thiazole rings is 1. The van der Waals surface area contributed by atoms with Crippen LogP contribution in [0.2, 0.25) is 0 Å². The molecule has 0 aliphatic carbocycles. The van der Waals surface area contributed by atoms with Crippen LogP contribution in [0.5, 0.6) is 5.75 Å². The van der Waals surface area contributed by atoms with Crippen molar-refractivity contribution in [2.45, 2.75) is 26.2 Å². The second-order valence-electron chi connectivity index (χ2n) is 4.35. The Morgan fingerprint density at radius 1 is 1.35 bits per heavy atom. The van der Waals surface area contributed by atoms with E-state index in [0.29, 0.717) is 5.92 Å². The molecular formula is C14H17NOS. The molecule has 1 aromatic carbocycles. The predicted octanol–water partition coefficient (Wildman–Crippen LogP) is 3.87. The Labute approximate surface area is 106 Å². The maximum absolute atomic E-state index is 5.22. The molecule has 17 heavy (non-hydrogen) atoms. The lowest BCUT2D eigenvalue weighted by Crippen LogP contribution is -1.91. The molecule has 0 bridgehead atoms. The summed E-state index contributed by atoms with van der Waals surface area (Å²) in [7, 11) is 1.69. The van der Waals surface area contributed by atoms with E-state index in [1.165, 1.54) is 16.3 Å². The van der Waals surface area contributed by atoms with E-state index in [9.17, 15) is 0 Å². The van der Waals surface area contributed by atoms with Crippen LogP contribution in [-0.4, -0.2) is 12.1 Å². The summed E-state index contributed by atoms with van der Waals surface area (Å²) in [4.78, 5) is 4.64. The zero-order valence-electron chi connectivity index (χ0n) is 10.4. The average Bonchev–Trinajstić information content (AvgIpc) is 2.78. The molecule has 0 amide bonds. The Morgan fingerprint density at radius 2 is 2.18 bits per heavy atom. The van der Waals surface area contributed by atoms with Gasteiger partial charge in [0.1, 0.15) is 5.75 Å². The lowest BCUT2D eigenvalue weighted by molar-refractivity contribution is 0.414. The third-order valence-corrected chi connectivity index (χ3v) is 3.52. The van der Waals surface area contributed by atoms with Crippen LogP contribution in [-0.2, 0) is 6.42 Å². The van der Waals surface area contributed by atoms with Gasteiger partial charge >= 0.3 is 0 Å². The van der Waals surface area contributed by atoms with Gasteiger partial charge in [-0.1, -0.05) is 26.0 Å². The van der Waals surface area contributed by atoms with Gasteiger partial charge < -0.3 is 4.74 Å². The van der Waals surface area contributed by atoms with Crippen molar-refractivity contribution >= 4 is 11.3 Å². The van der Waals surface area contributed by atoms with Crippen molar-refractivity contribution in [1.82, 2.24) is 4.98 Å². The van der Waals surface area contributed by atoms with Crippen LogP contribution >= 0.6 is 11.3 Å². The first-order valence-corrected chi connectivity index (χ1v) is 6.64. The molecule has 0 N–H and O–H groups in total. The molecule has 2 aromatic rings. The summed E-state index contributed by atoms with van der Waals surface area (Å²) in [5.74, 6) is 1.41. The van der Waals surface area contributed by atoms with E-state index in [0.717, 1.165) is 12.2 Å². The number of hydrogen-bond donors (Lipinski definition) is 0. The van der Waals surface area contributed by atoms with Gasteiger partial charge in [0.15, 0.2) is 0 Å². The molecule has 0 saturated heterocycles. The summed E-state index contributed by atoms with van der Waals surface area (Å²) in [5, 5.41) is 3.32. The number of hydrogen-bond acceptors (Lipinski definition) is 3. The molecular weight excluding hydrogens is 230 g/mol. The lowest BCUT2D eigenvalue weighted by atomic mass is 10.1. The number of ether oxygens (including phenoxy) is 1. The van der Waals surface area contributed by atoms with Crippen molar-refractivity contribution in [2.75, 3.05) is 7.11 Å². The fourth-order valence-electron chi connectivity index (χ4n) is 1.63. The molecule has 0 aliphatic rings. The van der Waals surface area contributed by atoms with Gasteiger partial charge in [-0.3, -0.25) is 0 Å². The Kier molecular flexibility index (Phi) is 3.79. The van der Waals surface area contributed by atoms with Crippen LogP contribution in [0.1, 0.15) is 36.0 Å². The predicted molar refractivity (Wildman–Crippen MR) is 72.0 cm³/mol. The Morgan fingerprint density at radius 3 is 2.82 bits per heavy atom. The van der Waals surface area contributed by atoms with E-state index in [1.807, 2.05) is 12.1 Å². The molecule has 3 heteroatoms. The first-order chi connectivity index (χ1) is 8.19. The minimum atomic E-state index is 0.505. The van der Waals surface area contributed by atoms with Gasteiger partial charge in [0.25, 0.3) is 0 Å². The Hall–Kier alpha value is -1.35. The number of methoxy groups -OCH3 is 1. The topological polar surface area (TPSA) is 22.1 Å². The first kappa shape index (κ1) is 12.1. The largest absolute Gasteiger partial charge is 0.497 e. The van der Waals surface area contributed by atoms with Crippen LogP contribution in [0.4, 0.5) is 0 Å². The summed E-state index contributed by atoms with van der Waals surface area (Å²) in [6.07, 6.45) is 0.884. The van der Waals surface area contributed by atoms with Gasteiger partial charge in [0, 0.05) is 11.8 Å². The smallest absolute Gasteiger partial charge is 0.119 e. The molecule has 90 valence electrons. The van der Waals surface area contributed by atoms with Crippen molar-refractivity contribution in [3.05, 3.63) is 45.9 Å².